The molecule has 27 heavy (non-hydrogen) atoms. The van der Waals surface area contributed by atoms with E-state index in [1.807, 2.05) is 23.1 Å². The zero-order valence-corrected chi connectivity index (χ0v) is 16.9. The zero-order valence-electron chi connectivity index (χ0n) is 16.2. The molecule has 0 aromatic heterocycles. The van der Waals surface area contributed by atoms with Crippen LogP contribution < -0.4 is 10.2 Å². The first-order valence-electron chi connectivity index (χ1n) is 9.99. The Kier molecular flexibility index (Phi) is 7.21. The maximum atomic E-state index is 11.7. The minimum atomic E-state index is 0.294. The van der Waals surface area contributed by atoms with Gasteiger partial charge in [-0.15, -0.1) is 0 Å². The average Bonchev–Trinajstić information content (AvgIpc) is 3.09. The summed E-state index contributed by atoms with van der Waals surface area (Å²) in [5, 5.41) is 4.19. The van der Waals surface area contributed by atoms with Crippen molar-refractivity contribution < 1.29 is 4.79 Å². The van der Waals surface area contributed by atoms with Gasteiger partial charge in [-0.25, -0.2) is 0 Å². The maximum Gasteiger partial charge on any atom is 0.222 e. The quantitative estimate of drug-likeness (QED) is 0.459. The lowest BCUT2D eigenvalue weighted by molar-refractivity contribution is -0.127. The number of rotatable bonds is 6. The smallest absolute Gasteiger partial charge is 0.222 e. The molecule has 0 unspecified atom stereocenters. The number of carbonyl (C=O) groups excluding carboxylic acids is 1. The highest BCUT2D eigenvalue weighted by molar-refractivity contribution is 6.30. The van der Waals surface area contributed by atoms with E-state index in [0.717, 1.165) is 76.2 Å². The number of benzene rings is 1. The third-order valence-electron chi connectivity index (χ3n) is 5.11. The molecule has 0 atom stereocenters. The Morgan fingerprint density at radius 3 is 2.70 bits per heavy atom. The van der Waals surface area contributed by atoms with Gasteiger partial charge in [0.05, 0.1) is 0 Å². The van der Waals surface area contributed by atoms with E-state index in [2.05, 4.69) is 28.1 Å². The molecule has 0 radical (unpaired) electrons. The van der Waals surface area contributed by atoms with Crippen molar-refractivity contribution >= 4 is 29.2 Å². The largest absolute Gasteiger partial charge is 0.368 e. The van der Waals surface area contributed by atoms with Crippen LogP contribution in [0.4, 0.5) is 5.69 Å². The molecule has 1 amide bonds. The number of aliphatic imine (C=N–C) groups is 1. The molecule has 2 aliphatic rings. The number of carbonyl (C=O) groups is 1. The van der Waals surface area contributed by atoms with E-state index >= 15 is 0 Å². The van der Waals surface area contributed by atoms with Gasteiger partial charge in [-0.2, -0.15) is 0 Å². The third kappa shape index (κ3) is 5.51. The molecule has 3 rings (SSSR count). The van der Waals surface area contributed by atoms with Gasteiger partial charge >= 0.3 is 0 Å². The zero-order chi connectivity index (χ0) is 19.1. The Balaban J connectivity index is 1.49. The minimum absolute atomic E-state index is 0.294. The molecule has 1 N–H and O–H groups in total. The summed E-state index contributed by atoms with van der Waals surface area (Å²) in [5.74, 6) is 1.28. The van der Waals surface area contributed by atoms with Crippen LogP contribution in [0.3, 0.4) is 0 Å². The first-order valence-corrected chi connectivity index (χ1v) is 10.4. The number of piperazine rings is 1. The molecule has 0 aliphatic carbocycles. The van der Waals surface area contributed by atoms with E-state index in [9.17, 15) is 4.79 Å². The molecule has 2 heterocycles. The molecular formula is C20H30ClN5O. The average molecular weight is 392 g/mol. The van der Waals surface area contributed by atoms with Crippen LogP contribution in [-0.2, 0) is 4.79 Å². The second kappa shape index (κ2) is 9.83. The Bertz CT molecular complexity index is 658. The summed E-state index contributed by atoms with van der Waals surface area (Å²) in [6.07, 6.45) is 2.63. The Morgan fingerprint density at radius 1 is 1.22 bits per heavy atom. The van der Waals surface area contributed by atoms with E-state index in [-0.39, 0.29) is 0 Å². The van der Waals surface area contributed by atoms with Gasteiger partial charge in [0.2, 0.25) is 5.91 Å². The summed E-state index contributed by atoms with van der Waals surface area (Å²) >= 11 is 6.12. The van der Waals surface area contributed by atoms with Crippen LogP contribution in [-0.4, -0.2) is 74.0 Å². The second-order valence-electron chi connectivity index (χ2n) is 7.03. The van der Waals surface area contributed by atoms with Crippen LogP contribution in [0.2, 0.25) is 5.02 Å². The van der Waals surface area contributed by atoms with Crippen molar-refractivity contribution in [3.63, 3.8) is 0 Å². The highest BCUT2D eigenvalue weighted by Gasteiger charge is 2.21. The summed E-state index contributed by atoms with van der Waals surface area (Å²) in [6, 6.07) is 8.05. The highest BCUT2D eigenvalue weighted by atomic mass is 35.5. The van der Waals surface area contributed by atoms with E-state index < -0.39 is 0 Å². The topological polar surface area (TPSA) is 51.2 Å². The number of hydrogen-bond acceptors (Lipinski definition) is 3. The molecule has 0 saturated carbocycles. The Hall–Kier alpha value is -1.95. The molecule has 1 aromatic carbocycles. The predicted molar refractivity (Wildman–Crippen MR) is 112 cm³/mol. The number of amides is 1. The van der Waals surface area contributed by atoms with E-state index in [0.29, 0.717) is 12.3 Å². The van der Waals surface area contributed by atoms with Gasteiger partial charge in [-0.1, -0.05) is 17.7 Å². The molecular weight excluding hydrogens is 362 g/mol. The summed E-state index contributed by atoms with van der Waals surface area (Å²) in [7, 11) is 0. The van der Waals surface area contributed by atoms with E-state index in [1.165, 1.54) is 5.69 Å². The second-order valence-corrected chi connectivity index (χ2v) is 7.46. The minimum Gasteiger partial charge on any atom is -0.368 e. The molecule has 148 valence electrons. The number of likely N-dealkylation sites (tertiary alicyclic amines) is 1. The van der Waals surface area contributed by atoms with Crippen molar-refractivity contribution in [1.82, 2.24) is 15.1 Å². The summed E-state index contributed by atoms with van der Waals surface area (Å²) in [5.41, 5.74) is 1.18. The lowest BCUT2D eigenvalue weighted by Crippen LogP contribution is -2.52. The first-order chi connectivity index (χ1) is 13.2. The lowest BCUT2D eigenvalue weighted by atomic mass is 10.2. The van der Waals surface area contributed by atoms with Gasteiger partial charge < -0.3 is 20.0 Å². The number of nitrogens with one attached hydrogen (secondary N) is 1. The fourth-order valence-electron chi connectivity index (χ4n) is 3.66. The highest BCUT2D eigenvalue weighted by Crippen LogP contribution is 2.20. The van der Waals surface area contributed by atoms with Crippen molar-refractivity contribution in [3.8, 4) is 0 Å². The molecule has 0 spiro atoms. The molecule has 2 fully saturated rings. The monoisotopic (exact) mass is 391 g/mol. The molecule has 6 nitrogen and oxygen atoms in total. The van der Waals surface area contributed by atoms with E-state index in [4.69, 9.17) is 16.6 Å². The fourth-order valence-corrected chi connectivity index (χ4v) is 3.85. The van der Waals surface area contributed by atoms with Gasteiger partial charge in [0.1, 0.15) is 0 Å². The molecule has 0 bridgehead atoms. The van der Waals surface area contributed by atoms with Gasteiger partial charge in [0.25, 0.3) is 0 Å². The third-order valence-corrected chi connectivity index (χ3v) is 5.34. The number of nitrogens with zero attached hydrogens (tertiary/aromatic N) is 4. The SMILES string of the molecule is CCNC(=NCCCN1CCCC1=O)N1CCN(c2cccc(Cl)c2)CC1. The fraction of sp³-hybridized carbons (Fsp3) is 0.600. The Labute approximate surface area is 167 Å². The van der Waals surface area contributed by atoms with Crippen molar-refractivity contribution in [2.45, 2.75) is 26.2 Å². The lowest BCUT2D eigenvalue weighted by Gasteiger charge is -2.37. The molecule has 2 aliphatic heterocycles. The van der Waals surface area contributed by atoms with Crippen LogP contribution in [0.1, 0.15) is 26.2 Å². The van der Waals surface area contributed by atoms with Gasteiger partial charge in [-0.3, -0.25) is 9.79 Å². The van der Waals surface area contributed by atoms with Crippen LogP contribution in [0.15, 0.2) is 29.3 Å². The Morgan fingerprint density at radius 2 is 2.04 bits per heavy atom. The van der Waals surface area contributed by atoms with Gasteiger partial charge in [0, 0.05) is 69.5 Å². The number of hydrogen-bond donors (Lipinski definition) is 1. The van der Waals surface area contributed by atoms with Crippen molar-refractivity contribution in [1.29, 1.82) is 0 Å². The summed E-state index contributed by atoms with van der Waals surface area (Å²) in [6.45, 7) is 9.21. The standard InChI is InChI=1S/C20H30ClN5O/c1-2-22-20(23-9-5-11-25-10-4-8-19(25)27)26-14-12-24(13-15-26)18-7-3-6-17(21)16-18/h3,6-7,16H,2,4-5,8-15H2,1H3,(H,22,23). The number of anilines is 1. The van der Waals surface area contributed by atoms with Crippen molar-refractivity contribution in [2.24, 2.45) is 4.99 Å². The maximum absolute atomic E-state index is 11.7. The number of guanidine groups is 1. The van der Waals surface area contributed by atoms with Crippen molar-refractivity contribution in [3.05, 3.63) is 29.3 Å². The normalized spacial score (nSPS) is 18.4. The van der Waals surface area contributed by atoms with Crippen LogP contribution in [0, 0.1) is 0 Å². The van der Waals surface area contributed by atoms with Crippen LogP contribution in [0.5, 0.6) is 0 Å². The van der Waals surface area contributed by atoms with E-state index in [1.54, 1.807) is 0 Å². The van der Waals surface area contributed by atoms with Crippen LogP contribution >= 0.6 is 11.6 Å². The first kappa shape index (κ1) is 19.8. The molecule has 2 saturated heterocycles. The summed E-state index contributed by atoms with van der Waals surface area (Å²) < 4.78 is 0. The summed E-state index contributed by atoms with van der Waals surface area (Å²) in [4.78, 5) is 23.1. The van der Waals surface area contributed by atoms with Crippen molar-refractivity contribution in [2.75, 3.05) is 57.3 Å². The molecule has 1 aromatic rings. The van der Waals surface area contributed by atoms with Gasteiger partial charge in [0.15, 0.2) is 5.96 Å². The number of halogens is 1. The van der Waals surface area contributed by atoms with Gasteiger partial charge in [-0.05, 0) is 38.0 Å². The predicted octanol–water partition coefficient (Wildman–Crippen LogP) is 2.44. The van der Waals surface area contributed by atoms with Crippen LogP contribution in [0.25, 0.3) is 0 Å². The molecule has 7 heteroatoms.